The molecular weight excluding hydrogens is 200 g/mol. The van der Waals surface area contributed by atoms with Crippen molar-refractivity contribution in [2.75, 3.05) is 0 Å². The molecule has 0 amide bonds. The summed E-state index contributed by atoms with van der Waals surface area (Å²) in [4.78, 5) is 10.9. The summed E-state index contributed by atoms with van der Waals surface area (Å²) in [6.45, 7) is 0. The molecule has 1 unspecified atom stereocenters. The third-order valence-corrected chi connectivity index (χ3v) is 3.83. The maximum Gasteiger partial charge on any atom is 0.168 e. The fourth-order valence-corrected chi connectivity index (χ4v) is 2.87. The van der Waals surface area contributed by atoms with E-state index in [1.165, 1.54) is 37.7 Å². The number of rotatable bonds is 1. The van der Waals surface area contributed by atoms with E-state index in [0.29, 0.717) is 5.92 Å². The first-order chi connectivity index (χ1) is 7.93. The van der Waals surface area contributed by atoms with Crippen molar-refractivity contribution in [1.82, 2.24) is 0 Å². The predicted octanol–water partition coefficient (Wildman–Crippen LogP) is 3.50. The summed E-state index contributed by atoms with van der Waals surface area (Å²) >= 11 is 0. The summed E-state index contributed by atoms with van der Waals surface area (Å²) in [5.41, 5.74) is 1.30. The van der Waals surface area contributed by atoms with Crippen LogP contribution in [0.5, 0.6) is 5.75 Å². The van der Waals surface area contributed by atoms with Gasteiger partial charge in [0, 0.05) is 12.0 Å². The minimum Gasteiger partial charge on any atom is -0.337 e. The van der Waals surface area contributed by atoms with Gasteiger partial charge in [-0.1, -0.05) is 37.5 Å². The van der Waals surface area contributed by atoms with E-state index >= 15 is 0 Å². The van der Waals surface area contributed by atoms with Crippen molar-refractivity contribution in [3.05, 3.63) is 29.8 Å². The van der Waals surface area contributed by atoms with Crippen molar-refractivity contribution >= 4 is 0 Å². The average molecular weight is 218 g/mol. The molecule has 0 spiro atoms. The van der Waals surface area contributed by atoms with Crippen molar-refractivity contribution < 1.29 is 9.78 Å². The summed E-state index contributed by atoms with van der Waals surface area (Å²) in [7, 11) is 0. The first kappa shape index (κ1) is 10.2. The SMILES string of the molecule is c1ccc2c(c1)CC(C1CCCCC1)OO2. The molecule has 86 valence electrons. The van der Waals surface area contributed by atoms with E-state index in [2.05, 4.69) is 12.1 Å². The molecule has 1 aromatic rings. The van der Waals surface area contributed by atoms with E-state index in [1.807, 2.05) is 12.1 Å². The van der Waals surface area contributed by atoms with Gasteiger partial charge >= 0.3 is 0 Å². The second-order valence-electron chi connectivity index (χ2n) is 4.93. The van der Waals surface area contributed by atoms with Crippen LogP contribution in [0.2, 0.25) is 0 Å². The Kier molecular flexibility index (Phi) is 2.83. The smallest absolute Gasteiger partial charge is 0.168 e. The highest BCUT2D eigenvalue weighted by atomic mass is 17.2. The van der Waals surface area contributed by atoms with Crippen molar-refractivity contribution in [3.8, 4) is 5.75 Å². The quantitative estimate of drug-likeness (QED) is 0.672. The zero-order chi connectivity index (χ0) is 10.8. The van der Waals surface area contributed by atoms with Gasteiger partial charge in [0.05, 0.1) is 0 Å². The lowest BCUT2D eigenvalue weighted by Crippen LogP contribution is -2.32. The maximum atomic E-state index is 5.54. The maximum absolute atomic E-state index is 5.54. The number of benzene rings is 1. The van der Waals surface area contributed by atoms with Gasteiger partial charge in [-0.15, -0.1) is 0 Å². The third kappa shape index (κ3) is 1.94. The lowest BCUT2D eigenvalue weighted by Gasteiger charge is -2.32. The van der Waals surface area contributed by atoms with Crippen molar-refractivity contribution in [2.45, 2.75) is 44.6 Å². The van der Waals surface area contributed by atoms with Crippen molar-refractivity contribution in [3.63, 3.8) is 0 Å². The van der Waals surface area contributed by atoms with Crippen LogP contribution in [0.4, 0.5) is 0 Å². The molecule has 1 aliphatic heterocycles. The van der Waals surface area contributed by atoms with E-state index in [-0.39, 0.29) is 6.10 Å². The second-order valence-corrected chi connectivity index (χ2v) is 4.93. The molecular formula is C14H18O2. The van der Waals surface area contributed by atoms with Crippen LogP contribution in [0.25, 0.3) is 0 Å². The molecule has 16 heavy (non-hydrogen) atoms. The molecule has 1 fully saturated rings. The fourth-order valence-electron chi connectivity index (χ4n) is 2.87. The molecule has 1 aromatic carbocycles. The standard InChI is InChI=1S/C14H18O2/c1-2-6-11(7-3-1)14-10-12-8-4-5-9-13(12)15-16-14/h4-5,8-9,11,14H,1-3,6-7,10H2. The number of hydrogen-bond donors (Lipinski definition) is 0. The van der Waals surface area contributed by atoms with Gasteiger partial charge in [0.25, 0.3) is 0 Å². The van der Waals surface area contributed by atoms with Crippen LogP contribution in [0.15, 0.2) is 24.3 Å². The molecule has 2 heteroatoms. The van der Waals surface area contributed by atoms with Gasteiger partial charge < -0.3 is 4.89 Å². The third-order valence-electron chi connectivity index (χ3n) is 3.83. The average Bonchev–Trinajstić information content (AvgIpc) is 2.39. The Hall–Kier alpha value is -1.02. The van der Waals surface area contributed by atoms with Crippen LogP contribution in [0, 0.1) is 5.92 Å². The summed E-state index contributed by atoms with van der Waals surface area (Å²) in [5, 5.41) is 0. The highest BCUT2D eigenvalue weighted by molar-refractivity contribution is 5.34. The van der Waals surface area contributed by atoms with Gasteiger partial charge in [-0.2, -0.15) is 4.89 Å². The van der Waals surface area contributed by atoms with Crippen LogP contribution in [0.3, 0.4) is 0 Å². The van der Waals surface area contributed by atoms with Crippen molar-refractivity contribution in [2.24, 2.45) is 5.92 Å². The first-order valence-corrected chi connectivity index (χ1v) is 6.35. The summed E-state index contributed by atoms with van der Waals surface area (Å²) in [5.74, 6) is 1.59. The summed E-state index contributed by atoms with van der Waals surface area (Å²) in [6, 6.07) is 8.19. The van der Waals surface area contributed by atoms with Gasteiger partial charge in [0.15, 0.2) is 5.75 Å². The zero-order valence-corrected chi connectivity index (χ0v) is 9.52. The van der Waals surface area contributed by atoms with E-state index in [0.717, 1.165) is 12.2 Å². The zero-order valence-electron chi connectivity index (χ0n) is 9.52. The monoisotopic (exact) mass is 218 g/mol. The molecule has 3 rings (SSSR count). The van der Waals surface area contributed by atoms with Crippen LogP contribution in [-0.2, 0) is 11.3 Å². The molecule has 2 nitrogen and oxygen atoms in total. The molecule has 0 bridgehead atoms. The Labute approximate surface area is 96.5 Å². The Balaban J connectivity index is 1.72. The van der Waals surface area contributed by atoms with E-state index in [9.17, 15) is 0 Å². The highest BCUT2D eigenvalue weighted by Gasteiger charge is 2.29. The van der Waals surface area contributed by atoms with Gasteiger partial charge in [0.1, 0.15) is 6.10 Å². The fraction of sp³-hybridized carbons (Fsp3) is 0.571. The Morgan fingerprint density at radius 1 is 1.00 bits per heavy atom. The highest BCUT2D eigenvalue weighted by Crippen LogP contribution is 2.34. The Morgan fingerprint density at radius 3 is 2.69 bits per heavy atom. The molecule has 1 aliphatic carbocycles. The van der Waals surface area contributed by atoms with Gasteiger partial charge in [-0.05, 0) is 24.8 Å². The molecule has 2 aliphatic rings. The van der Waals surface area contributed by atoms with Gasteiger partial charge in [0.2, 0.25) is 0 Å². The Bertz CT molecular complexity index is 356. The Morgan fingerprint density at radius 2 is 1.81 bits per heavy atom. The first-order valence-electron chi connectivity index (χ1n) is 6.35. The minimum absolute atomic E-state index is 0.273. The van der Waals surface area contributed by atoms with Gasteiger partial charge in [-0.25, -0.2) is 0 Å². The molecule has 1 saturated carbocycles. The second kappa shape index (κ2) is 4.46. The van der Waals surface area contributed by atoms with Crippen molar-refractivity contribution in [1.29, 1.82) is 0 Å². The predicted molar refractivity (Wildman–Crippen MR) is 62.2 cm³/mol. The topological polar surface area (TPSA) is 18.5 Å². The lowest BCUT2D eigenvalue weighted by molar-refractivity contribution is -0.269. The number of fused-ring (bicyclic) bond motifs is 1. The molecule has 1 atom stereocenters. The van der Waals surface area contributed by atoms with Crippen LogP contribution >= 0.6 is 0 Å². The molecule has 0 aromatic heterocycles. The molecule has 0 radical (unpaired) electrons. The normalized spacial score (nSPS) is 25.9. The number of para-hydroxylation sites is 1. The summed E-state index contributed by atoms with van der Waals surface area (Å²) < 4.78 is 0. The van der Waals surface area contributed by atoms with Crippen LogP contribution in [-0.4, -0.2) is 6.10 Å². The molecule has 0 N–H and O–H groups in total. The van der Waals surface area contributed by atoms with Crippen LogP contribution < -0.4 is 4.89 Å². The van der Waals surface area contributed by atoms with E-state index < -0.39 is 0 Å². The number of hydrogen-bond acceptors (Lipinski definition) is 2. The minimum atomic E-state index is 0.273. The van der Waals surface area contributed by atoms with Crippen LogP contribution in [0.1, 0.15) is 37.7 Å². The summed E-state index contributed by atoms with van der Waals surface area (Å²) in [6.07, 6.45) is 7.99. The lowest BCUT2D eigenvalue weighted by atomic mass is 9.83. The molecule has 1 heterocycles. The van der Waals surface area contributed by atoms with E-state index in [4.69, 9.17) is 9.78 Å². The largest absolute Gasteiger partial charge is 0.337 e. The van der Waals surface area contributed by atoms with E-state index in [1.54, 1.807) is 0 Å². The molecule has 0 saturated heterocycles. The van der Waals surface area contributed by atoms with Gasteiger partial charge in [-0.3, -0.25) is 0 Å².